The molecule has 1 aromatic heterocycles. The van der Waals surface area contributed by atoms with Crippen LogP contribution in [0.4, 0.5) is 5.82 Å². The molecule has 0 N–H and O–H groups in total. The standard InChI is InChI=1S/C17H27ClN2/c1-17(2,3)15-11-14(13-18)12-16(19-15)20-9-7-5-4-6-8-10-20/h11-12H,4-10,13H2,1-3H3. The van der Waals surface area contributed by atoms with E-state index in [9.17, 15) is 0 Å². The van der Waals surface area contributed by atoms with Gasteiger partial charge in [-0.25, -0.2) is 4.98 Å². The van der Waals surface area contributed by atoms with Crippen LogP contribution in [-0.4, -0.2) is 18.1 Å². The molecular formula is C17H27ClN2. The maximum Gasteiger partial charge on any atom is 0.129 e. The Morgan fingerprint density at radius 1 is 1.05 bits per heavy atom. The Kier molecular flexibility index (Phi) is 5.31. The molecule has 1 fully saturated rings. The van der Waals surface area contributed by atoms with Gasteiger partial charge in [-0.05, 0) is 30.5 Å². The highest BCUT2D eigenvalue weighted by Gasteiger charge is 2.19. The van der Waals surface area contributed by atoms with E-state index in [0.717, 1.165) is 24.6 Å². The van der Waals surface area contributed by atoms with E-state index in [2.05, 4.69) is 37.8 Å². The van der Waals surface area contributed by atoms with Gasteiger partial charge >= 0.3 is 0 Å². The second-order valence-electron chi connectivity index (χ2n) is 6.86. The van der Waals surface area contributed by atoms with E-state index in [0.29, 0.717) is 5.88 Å². The zero-order valence-electron chi connectivity index (χ0n) is 13.1. The molecule has 3 heteroatoms. The molecule has 0 aromatic carbocycles. The molecule has 20 heavy (non-hydrogen) atoms. The molecule has 0 radical (unpaired) electrons. The first kappa shape index (κ1) is 15.6. The Morgan fingerprint density at radius 3 is 2.20 bits per heavy atom. The van der Waals surface area contributed by atoms with Gasteiger partial charge in [-0.15, -0.1) is 11.6 Å². The van der Waals surface area contributed by atoms with Crippen LogP contribution in [0.25, 0.3) is 0 Å². The van der Waals surface area contributed by atoms with Crippen molar-refractivity contribution in [3.8, 4) is 0 Å². The first-order valence-corrected chi connectivity index (χ1v) is 8.36. The van der Waals surface area contributed by atoms with Crippen molar-refractivity contribution in [1.82, 2.24) is 4.98 Å². The van der Waals surface area contributed by atoms with Crippen molar-refractivity contribution in [3.05, 3.63) is 23.4 Å². The monoisotopic (exact) mass is 294 g/mol. The fraction of sp³-hybridized carbons (Fsp3) is 0.706. The van der Waals surface area contributed by atoms with Crippen molar-refractivity contribution in [2.45, 2.75) is 64.2 Å². The zero-order chi connectivity index (χ0) is 14.6. The van der Waals surface area contributed by atoms with Crippen LogP contribution in [-0.2, 0) is 11.3 Å². The maximum atomic E-state index is 6.07. The van der Waals surface area contributed by atoms with Crippen LogP contribution in [0.2, 0.25) is 0 Å². The van der Waals surface area contributed by atoms with Crippen molar-refractivity contribution in [3.63, 3.8) is 0 Å². The molecule has 2 rings (SSSR count). The van der Waals surface area contributed by atoms with E-state index >= 15 is 0 Å². The third-order valence-corrected chi connectivity index (χ3v) is 4.28. The van der Waals surface area contributed by atoms with Gasteiger partial charge in [-0.3, -0.25) is 0 Å². The van der Waals surface area contributed by atoms with Crippen LogP contribution in [0.5, 0.6) is 0 Å². The zero-order valence-corrected chi connectivity index (χ0v) is 13.8. The quantitative estimate of drug-likeness (QED) is 0.722. The van der Waals surface area contributed by atoms with Crippen LogP contribution in [0.1, 0.15) is 64.1 Å². The molecule has 0 amide bonds. The van der Waals surface area contributed by atoms with Crippen molar-refractivity contribution in [2.24, 2.45) is 0 Å². The summed E-state index contributed by atoms with van der Waals surface area (Å²) in [4.78, 5) is 7.36. The molecule has 1 aromatic rings. The van der Waals surface area contributed by atoms with E-state index in [1.54, 1.807) is 0 Å². The summed E-state index contributed by atoms with van der Waals surface area (Å²) in [6.45, 7) is 8.89. The summed E-state index contributed by atoms with van der Waals surface area (Å²) in [5.41, 5.74) is 2.40. The minimum atomic E-state index is 0.0690. The lowest BCUT2D eigenvalue weighted by Gasteiger charge is -2.28. The lowest BCUT2D eigenvalue weighted by Crippen LogP contribution is -2.29. The Labute approximate surface area is 128 Å². The Hall–Kier alpha value is -0.760. The number of halogens is 1. The molecule has 0 unspecified atom stereocenters. The molecular weight excluding hydrogens is 268 g/mol. The molecule has 1 aliphatic rings. The molecule has 0 aliphatic carbocycles. The summed E-state index contributed by atoms with van der Waals surface area (Å²) >= 11 is 6.07. The van der Waals surface area contributed by atoms with Gasteiger partial charge in [-0.2, -0.15) is 0 Å². The summed E-state index contributed by atoms with van der Waals surface area (Å²) < 4.78 is 0. The van der Waals surface area contributed by atoms with Crippen molar-refractivity contribution in [2.75, 3.05) is 18.0 Å². The second kappa shape index (κ2) is 6.80. The average molecular weight is 295 g/mol. The molecule has 1 saturated heterocycles. The van der Waals surface area contributed by atoms with Crippen molar-refractivity contribution >= 4 is 17.4 Å². The number of rotatable bonds is 2. The highest BCUT2D eigenvalue weighted by Crippen LogP contribution is 2.26. The fourth-order valence-electron chi connectivity index (χ4n) is 2.67. The number of anilines is 1. The Balaban J connectivity index is 2.29. The first-order valence-electron chi connectivity index (χ1n) is 7.83. The van der Waals surface area contributed by atoms with E-state index in [-0.39, 0.29) is 5.41 Å². The van der Waals surface area contributed by atoms with Gasteiger partial charge < -0.3 is 4.90 Å². The van der Waals surface area contributed by atoms with Crippen LogP contribution in [0.3, 0.4) is 0 Å². The Morgan fingerprint density at radius 2 is 1.65 bits per heavy atom. The largest absolute Gasteiger partial charge is 0.357 e. The van der Waals surface area contributed by atoms with E-state index < -0.39 is 0 Å². The third-order valence-electron chi connectivity index (χ3n) is 3.97. The maximum absolute atomic E-state index is 6.07. The minimum Gasteiger partial charge on any atom is -0.357 e. The second-order valence-corrected chi connectivity index (χ2v) is 7.12. The smallest absolute Gasteiger partial charge is 0.129 e. The van der Waals surface area contributed by atoms with Crippen LogP contribution >= 0.6 is 11.6 Å². The van der Waals surface area contributed by atoms with Gasteiger partial charge in [0, 0.05) is 30.1 Å². The highest BCUT2D eigenvalue weighted by molar-refractivity contribution is 6.17. The average Bonchev–Trinajstić information content (AvgIpc) is 2.36. The van der Waals surface area contributed by atoms with Gasteiger partial charge in [0.05, 0.1) is 0 Å². The van der Waals surface area contributed by atoms with Crippen molar-refractivity contribution < 1.29 is 0 Å². The topological polar surface area (TPSA) is 16.1 Å². The summed E-state index contributed by atoms with van der Waals surface area (Å²) in [7, 11) is 0. The normalized spacial score (nSPS) is 17.7. The summed E-state index contributed by atoms with van der Waals surface area (Å²) in [5, 5.41) is 0. The van der Waals surface area contributed by atoms with Gasteiger partial charge in [-0.1, -0.05) is 40.0 Å². The van der Waals surface area contributed by atoms with Gasteiger partial charge in [0.15, 0.2) is 0 Å². The van der Waals surface area contributed by atoms with Crippen molar-refractivity contribution in [1.29, 1.82) is 0 Å². The molecule has 1 aliphatic heterocycles. The van der Waals surface area contributed by atoms with Gasteiger partial charge in [0.1, 0.15) is 5.82 Å². The van der Waals surface area contributed by atoms with Crippen LogP contribution in [0.15, 0.2) is 12.1 Å². The number of alkyl halides is 1. The first-order chi connectivity index (χ1) is 9.50. The van der Waals surface area contributed by atoms with Gasteiger partial charge in [0.25, 0.3) is 0 Å². The predicted octanol–water partition coefficient (Wildman–Crippen LogP) is 4.89. The number of hydrogen-bond donors (Lipinski definition) is 0. The number of nitrogens with zero attached hydrogens (tertiary/aromatic N) is 2. The van der Waals surface area contributed by atoms with E-state index in [1.807, 2.05) is 0 Å². The number of pyridine rings is 1. The number of aromatic nitrogens is 1. The summed E-state index contributed by atoms with van der Waals surface area (Å²) in [5.74, 6) is 1.68. The number of hydrogen-bond acceptors (Lipinski definition) is 2. The SMILES string of the molecule is CC(C)(C)c1cc(CCl)cc(N2CCCCCCC2)n1. The van der Waals surface area contributed by atoms with E-state index in [1.165, 1.54) is 37.7 Å². The molecule has 0 spiro atoms. The molecule has 0 atom stereocenters. The van der Waals surface area contributed by atoms with E-state index in [4.69, 9.17) is 16.6 Å². The molecule has 2 heterocycles. The Bertz CT molecular complexity index is 429. The third kappa shape index (κ3) is 4.12. The summed E-state index contributed by atoms with van der Waals surface area (Å²) in [6, 6.07) is 4.32. The predicted molar refractivity (Wildman–Crippen MR) is 87.8 cm³/mol. The lowest BCUT2D eigenvalue weighted by atomic mass is 9.91. The molecule has 0 saturated carbocycles. The minimum absolute atomic E-state index is 0.0690. The van der Waals surface area contributed by atoms with Crippen LogP contribution in [0, 0.1) is 0 Å². The summed E-state index contributed by atoms with van der Waals surface area (Å²) in [6.07, 6.45) is 6.63. The van der Waals surface area contributed by atoms with Gasteiger partial charge in [0.2, 0.25) is 0 Å². The fourth-order valence-corrected chi connectivity index (χ4v) is 2.83. The molecule has 2 nitrogen and oxygen atoms in total. The molecule has 112 valence electrons. The highest BCUT2D eigenvalue weighted by atomic mass is 35.5. The van der Waals surface area contributed by atoms with Crippen LogP contribution < -0.4 is 4.90 Å². The molecule has 0 bridgehead atoms. The lowest BCUT2D eigenvalue weighted by molar-refractivity contribution is 0.544.